The van der Waals surface area contributed by atoms with Crippen LogP contribution in [0, 0.1) is 0 Å². The molecule has 0 rings (SSSR count). The first-order chi connectivity index (χ1) is 49.6. The van der Waals surface area contributed by atoms with Crippen LogP contribution in [0.25, 0.3) is 0 Å². The van der Waals surface area contributed by atoms with Crippen molar-refractivity contribution in [1.82, 2.24) is 0 Å². The Hall–Kier alpha value is -2.49. The molecule has 9 nitrogen and oxygen atoms in total. The molecule has 0 fully saturated rings. The van der Waals surface area contributed by atoms with Crippen LogP contribution in [0.2, 0.25) is 0 Å². The van der Waals surface area contributed by atoms with Crippen molar-refractivity contribution in [3.05, 3.63) is 36.5 Å². The van der Waals surface area contributed by atoms with Crippen molar-refractivity contribution in [3.63, 3.8) is 0 Å². The van der Waals surface area contributed by atoms with E-state index in [0.29, 0.717) is 17.4 Å². The van der Waals surface area contributed by atoms with Crippen LogP contribution in [-0.4, -0.2) is 82.3 Å². The Morgan fingerprint density at radius 1 is 0.297 bits per heavy atom. The van der Waals surface area contributed by atoms with Crippen molar-refractivity contribution in [1.29, 1.82) is 0 Å². The third kappa shape index (κ3) is 84.6. The second-order valence-electron chi connectivity index (χ2n) is 32.3. The average molecular weight is 1420 g/mol. The number of rotatable bonds is 86. The highest BCUT2D eigenvalue weighted by atomic mass is 16.7. The van der Waals surface area contributed by atoms with Crippen molar-refractivity contribution >= 4 is 17.9 Å². The average Bonchev–Trinajstić information content (AvgIpc) is 1.25. The molecular formula is C92H175NO8. The summed E-state index contributed by atoms with van der Waals surface area (Å²) in [5.74, 6) is -2.24. The number of hydrogen-bond donors (Lipinski definition) is 0. The number of carbonyl (C=O) groups is 3. The van der Waals surface area contributed by atoms with Crippen LogP contribution < -0.4 is 5.11 Å². The Morgan fingerprint density at radius 2 is 0.535 bits per heavy atom. The molecule has 0 aliphatic rings. The van der Waals surface area contributed by atoms with Gasteiger partial charge in [0.25, 0.3) is 0 Å². The molecule has 0 heterocycles. The van der Waals surface area contributed by atoms with E-state index < -0.39 is 24.3 Å². The summed E-state index contributed by atoms with van der Waals surface area (Å²) in [4.78, 5) is 37.7. The topological polar surface area (TPSA) is 111 Å². The lowest BCUT2D eigenvalue weighted by Crippen LogP contribution is -2.44. The number of esters is 2. The third-order valence-electron chi connectivity index (χ3n) is 20.9. The number of carbonyl (C=O) groups excluding carboxylic acids is 3. The van der Waals surface area contributed by atoms with Crippen molar-refractivity contribution in [2.75, 3.05) is 47.5 Å². The molecule has 0 aromatic carbocycles. The van der Waals surface area contributed by atoms with Crippen molar-refractivity contribution in [3.8, 4) is 0 Å². The molecule has 2 atom stereocenters. The van der Waals surface area contributed by atoms with Gasteiger partial charge in [0, 0.05) is 12.8 Å². The summed E-state index contributed by atoms with van der Waals surface area (Å²) in [5, 5.41) is 11.9. The minimum absolute atomic E-state index is 0.152. The first-order valence-corrected chi connectivity index (χ1v) is 45.1. The van der Waals surface area contributed by atoms with Gasteiger partial charge in [-0.3, -0.25) is 9.59 Å². The molecule has 0 spiro atoms. The first-order valence-electron chi connectivity index (χ1n) is 45.1. The van der Waals surface area contributed by atoms with Gasteiger partial charge in [0.1, 0.15) is 13.2 Å². The molecule has 0 aliphatic carbocycles. The molecule has 0 aliphatic heterocycles. The number of carboxylic acids is 1. The standard InChI is InChI=1S/C92H175NO8/c1-6-8-10-12-14-16-18-20-22-24-26-28-30-32-34-36-38-40-42-44-45-47-48-50-52-54-56-58-60-62-64-66-68-70-72-74-76-78-80-82-89(94)99-86-88(87-100-92(91(96)97)98-85-84-93(3,4)5)101-90(95)83-81-79-77-75-73-71-69-67-65-63-61-59-57-55-53-51-49-46-43-41-39-37-35-33-31-29-27-25-23-21-19-17-15-13-11-9-7-2/h19,21,25,27,31,33,88,92H,6-18,20,22-24,26,28-30,32,34-87H2,1-5H3/b21-19-,27-25-,33-31-. The summed E-state index contributed by atoms with van der Waals surface area (Å²) < 4.78 is 22.9. The predicted octanol–water partition coefficient (Wildman–Crippen LogP) is 28.1. The zero-order valence-corrected chi connectivity index (χ0v) is 68.6. The van der Waals surface area contributed by atoms with Crippen LogP contribution in [0.15, 0.2) is 36.5 Å². The molecule has 0 saturated carbocycles. The van der Waals surface area contributed by atoms with Gasteiger partial charge >= 0.3 is 11.9 Å². The van der Waals surface area contributed by atoms with Gasteiger partial charge in [0.15, 0.2) is 12.4 Å². The fourth-order valence-electron chi connectivity index (χ4n) is 14.0. The van der Waals surface area contributed by atoms with Gasteiger partial charge in [-0.1, -0.05) is 448 Å². The van der Waals surface area contributed by atoms with Gasteiger partial charge in [-0.25, -0.2) is 0 Å². The number of unbranched alkanes of at least 4 members (excludes halogenated alkanes) is 65. The summed E-state index contributed by atoms with van der Waals surface area (Å²) >= 11 is 0. The van der Waals surface area contributed by atoms with Crippen LogP contribution in [-0.2, 0) is 33.3 Å². The van der Waals surface area contributed by atoms with Gasteiger partial charge in [0.05, 0.1) is 40.3 Å². The molecule has 596 valence electrons. The lowest BCUT2D eigenvalue weighted by atomic mass is 10.0. The number of likely N-dealkylation sites (N-methyl/N-ethyl adjacent to an activating group) is 1. The minimum Gasteiger partial charge on any atom is -0.545 e. The van der Waals surface area contributed by atoms with E-state index in [-0.39, 0.29) is 32.2 Å². The zero-order chi connectivity index (χ0) is 73.2. The van der Waals surface area contributed by atoms with Crippen LogP contribution >= 0.6 is 0 Å². The maximum atomic E-state index is 13.0. The normalized spacial score (nSPS) is 12.7. The Kier molecular flexibility index (Phi) is 81.1. The van der Waals surface area contributed by atoms with E-state index in [2.05, 4.69) is 50.3 Å². The van der Waals surface area contributed by atoms with Crippen LogP contribution in [0.5, 0.6) is 0 Å². The summed E-state index contributed by atoms with van der Waals surface area (Å²) in [5.41, 5.74) is 0. The highest BCUT2D eigenvalue weighted by Gasteiger charge is 2.22. The number of carboxylic acid groups (broad SMARTS) is 1. The monoisotopic (exact) mass is 1420 g/mol. The molecule has 2 unspecified atom stereocenters. The molecule has 101 heavy (non-hydrogen) atoms. The van der Waals surface area contributed by atoms with Crippen molar-refractivity contribution < 1.29 is 42.9 Å². The summed E-state index contributed by atoms with van der Waals surface area (Å²) in [6.45, 7) is 4.83. The fourth-order valence-corrected chi connectivity index (χ4v) is 14.0. The van der Waals surface area contributed by atoms with E-state index >= 15 is 0 Å². The van der Waals surface area contributed by atoms with E-state index in [1.807, 2.05) is 21.1 Å². The Bertz CT molecular complexity index is 1760. The number of aliphatic carboxylic acids is 1. The lowest BCUT2D eigenvalue weighted by molar-refractivity contribution is -0.870. The third-order valence-corrected chi connectivity index (χ3v) is 20.9. The van der Waals surface area contributed by atoms with Crippen LogP contribution in [0.3, 0.4) is 0 Å². The number of hydrogen-bond acceptors (Lipinski definition) is 8. The number of allylic oxidation sites excluding steroid dienone is 6. The van der Waals surface area contributed by atoms with Gasteiger partial charge in [-0.15, -0.1) is 0 Å². The fraction of sp³-hybridized carbons (Fsp3) is 0.902. The second kappa shape index (κ2) is 83.2. The number of nitrogens with zero attached hydrogens (tertiary/aromatic N) is 1. The van der Waals surface area contributed by atoms with E-state index in [4.69, 9.17) is 18.9 Å². The molecule has 0 aromatic rings. The Morgan fingerprint density at radius 3 is 0.792 bits per heavy atom. The van der Waals surface area contributed by atoms with Gasteiger partial charge < -0.3 is 33.3 Å². The molecule has 0 N–H and O–H groups in total. The lowest BCUT2D eigenvalue weighted by Gasteiger charge is -2.26. The molecular weight excluding hydrogens is 1250 g/mol. The Labute approximate surface area is 630 Å². The molecule has 0 amide bonds. The predicted molar refractivity (Wildman–Crippen MR) is 436 cm³/mol. The van der Waals surface area contributed by atoms with Gasteiger partial charge in [0.2, 0.25) is 0 Å². The molecule has 9 heteroatoms. The second-order valence-corrected chi connectivity index (χ2v) is 32.3. The maximum absolute atomic E-state index is 13.0. The van der Waals surface area contributed by atoms with Crippen LogP contribution in [0.4, 0.5) is 0 Å². The minimum atomic E-state index is -1.62. The zero-order valence-electron chi connectivity index (χ0n) is 68.6. The van der Waals surface area contributed by atoms with E-state index in [0.717, 1.165) is 51.4 Å². The molecule has 0 aromatic heterocycles. The maximum Gasteiger partial charge on any atom is 0.306 e. The van der Waals surface area contributed by atoms with E-state index in [9.17, 15) is 19.5 Å². The highest BCUT2D eigenvalue weighted by molar-refractivity contribution is 5.70. The smallest absolute Gasteiger partial charge is 0.306 e. The van der Waals surface area contributed by atoms with E-state index in [1.165, 1.54) is 398 Å². The number of quaternary nitrogens is 1. The van der Waals surface area contributed by atoms with Gasteiger partial charge in [-0.2, -0.15) is 0 Å². The Balaban J connectivity index is 3.89. The van der Waals surface area contributed by atoms with Crippen molar-refractivity contribution in [2.45, 2.75) is 489 Å². The summed E-state index contributed by atoms with van der Waals surface area (Å²) in [6, 6.07) is 0. The largest absolute Gasteiger partial charge is 0.545 e. The quantitative estimate of drug-likeness (QED) is 0.0195. The molecule has 0 radical (unpaired) electrons. The molecule has 0 saturated heterocycles. The molecule has 0 bridgehead atoms. The highest BCUT2D eigenvalue weighted by Crippen LogP contribution is 2.21. The first kappa shape index (κ1) is 98.5. The van der Waals surface area contributed by atoms with Crippen molar-refractivity contribution in [2.24, 2.45) is 0 Å². The van der Waals surface area contributed by atoms with Crippen LogP contribution in [0.1, 0.15) is 476 Å². The summed E-state index contributed by atoms with van der Waals surface area (Å²) in [6.07, 6.45) is 106. The SMILES string of the molecule is CCCCCCC/C=C\C/C=C\C/C=C\CCCCCCCCCCCCCCCCCCCCCCCCC(=O)OC(COC(=O)CCCCCCCCCCCCCCCCCCCCCCCCCCCCCCCCCCCCCCCCC)COC(OCC[N+](C)(C)C)C(=O)[O-]. The van der Waals surface area contributed by atoms with E-state index in [1.54, 1.807) is 0 Å². The number of ether oxygens (including phenoxy) is 4. The summed E-state index contributed by atoms with van der Waals surface area (Å²) in [7, 11) is 5.96. The van der Waals surface area contributed by atoms with Gasteiger partial charge in [-0.05, 0) is 51.4 Å².